The van der Waals surface area contributed by atoms with Gasteiger partial charge in [-0.25, -0.2) is 0 Å². The summed E-state index contributed by atoms with van der Waals surface area (Å²) in [5, 5.41) is 9.05. The number of hydrogen-bond donors (Lipinski definition) is 0. The van der Waals surface area contributed by atoms with Crippen molar-refractivity contribution < 1.29 is 0 Å². The van der Waals surface area contributed by atoms with E-state index in [1.807, 2.05) is 22.7 Å². The molecule has 2 atom stereocenters. The first-order chi connectivity index (χ1) is 11.7. The van der Waals surface area contributed by atoms with Crippen LogP contribution in [-0.2, 0) is 0 Å². The van der Waals surface area contributed by atoms with Crippen LogP contribution in [-0.4, -0.2) is 23.5 Å². The van der Waals surface area contributed by atoms with Crippen molar-refractivity contribution in [3.63, 3.8) is 0 Å². The molecule has 4 rings (SSSR count). The van der Waals surface area contributed by atoms with Gasteiger partial charge in [-0.1, -0.05) is 17.2 Å². The molecule has 0 saturated carbocycles. The molecule has 0 spiro atoms. The summed E-state index contributed by atoms with van der Waals surface area (Å²) < 4.78 is 0. The number of rotatable bonds is 4. The van der Waals surface area contributed by atoms with Crippen molar-refractivity contribution in [2.24, 2.45) is 0 Å². The van der Waals surface area contributed by atoms with Crippen molar-refractivity contribution in [2.45, 2.75) is 51.6 Å². The highest BCUT2D eigenvalue weighted by Gasteiger charge is 2.38. The summed E-state index contributed by atoms with van der Waals surface area (Å²) >= 11 is 3.62. The first kappa shape index (κ1) is 16.3. The second kappa shape index (κ2) is 6.99. The molecule has 2 aromatic heterocycles. The topological polar surface area (TPSA) is 3.24 Å². The Morgan fingerprint density at radius 1 is 1.04 bits per heavy atom. The Hall–Kier alpha value is -1.16. The van der Waals surface area contributed by atoms with Crippen LogP contribution in [0.1, 0.15) is 50.7 Å². The summed E-state index contributed by atoms with van der Waals surface area (Å²) in [5.41, 5.74) is 7.49. The minimum absolute atomic E-state index is 0.738. The van der Waals surface area contributed by atoms with Gasteiger partial charge in [0.2, 0.25) is 0 Å². The molecule has 0 amide bonds. The molecule has 4 heterocycles. The van der Waals surface area contributed by atoms with Crippen LogP contribution >= 0.6 is 22.7 Å². The fraction of sp³-hybridized carbons (Fsp3) is 0.429. The third kappa shape index (κ3) is 3.17. The Balaban J connectivity index is 1.67. The maximum absolute atomic E-state index is 2.76. The molecule has 2 unspecified atom stereocenters. The molecule has 2 aromatic rings. The normalized spacial score (nSPS) is 23.5. The van der Waals surface area contributed by atoms with Crippen LogP contribution in [0.3, 0.4) is 0 Å². The quantitative estimate of drug-likeness (QED) is 0.590. The Bertz CT molecular complexity index is 681. The number of allylic oxidation sites excluding steroid dienone is 1. The summed E-state index contributed by atoms with van der Waals surface area (Å²) in [6.07, 6.45) is 7.62. The Kier molecular flexibility index (Phi) is 4.75. The third-order valence-electron chi connectivity index (χ3n) is 5.42. The number of nitrogens with zero attached hydrogens (tertiary/aromatic N) is 1. The molecule has 24 heavy (non-hydrogen) atoms. The highest BCUT2D eigenvalue weighted by atomic mass is 32.1. The van der Waals surface area contributed by atoms with E-state index in [-0.39, 0.29) is 0 Å². The molecule has 2 aliphatic rings. The molecule has 3 heteroatoms. The predicted molar refractivity (Wildman–Crippen MR) is 107 cm³/mol. The van der Waals surface area contributed by atoms with Gasteiger partial charge in [0, 0.05) is 18.6 Å². The average molecular weight is 356 g/mol. The van der Waals surface area contributed by atoms with Gasteiger partial charge in [-0.05, 0) is 89.9 Å². The molecule has 126 valence electrons. The van der Waals surface area contributed by atoms with E-state index in [1.165, 1.54) is 48.0 Å². The molecule has 2 saturated heterocycles. The summed E-state index contributed by atoms with van der Waals surface area (Å²) in [6.45, 7) is 5.56. The van der Waals surface area contributed by atoms with E-state index in [0.29, 0.717) is 0 Å². The summed E-state index contributed by atoms with van der Waals surface area (Å²) in [7, 11) is 0. The van der Waals surface area contributed by atoms with Crippen molar-refractivity contribution in [2.75, 3.05) is 6.54 Å². The van der Waals surface area contributed by atoms with Crippen LogP contribution in [0.4, 0.5) is 0 Å². The first-order valence-electron chi connectivity index (χ1n) is 8.88. The standard InChI is InChI=1S/C21H25NS2/c1-15(2)5-8-22-19-3-4-20(22)12-18(11-19)21(16-6-9-23-13-16)17-7-10-24-14-17/h5-7,9-10,13-14,19-20H,3-4,8,11-12H2,1-2H3. The van der Waals surface area contributed by atoms with Crippen LogP contribution < -0.4 is 0 Å². The Labute approximate surface area is 153 Å². The lowest BCUT2D eigenvalue weighted by Gasteiger charge is -2.36. The number of fused-ring (bicyclic) bond motifs is 2. The van der Waals surface area contributed by atoms with E-state index in [9.17, 15) is 0 Å². The lowest BCUT2D eigenvalue weighted by molar-refractivity contribution is 0.186. The lowest BCUT2D eigenvalue weighted by atomic mass is 9.87. The van der Waals surface area contributed by atoms with Crippen LogP contribution in [0, 0.1) is 0 Å². The van der Waals surface area contributed by atoms with Crippen molar-refractivity contribution in [3.8, 4) is 0 Å². The van der Waals surface area contributed by atoms with Gasteiger partial charge in [0.05, 0.1) is 0 Å². The molecular weight excluding hydrogens is 330 g/mol. The minimum Gasteiger partial charge on any atom is -0.293 e. The number of piperidine rings is 1. The summed E-state index contributed by atoms with van der Waals surface area (Å²) in [4.78, 5) is 2.76. The SMILES string of the molecule is CC(C)=CCN1C2CCC1CC(=C(c1ccsc1)c1ccsc1)C2. The van der Waals surface area contributed by atoms with E-state index >= 15 is 0 Å². The highest BCUT2D eigenvalue weighted by molar-refractivity contribution is 7.08. The maximum atomic E-state index is 2.76. The Morgan fingerprint density at radius 3 is 2.08 bits per heavy atom. The Morgan fingerprint density at radius 2 is 1.62 bits per heavy atom. The maximum Gasteiger partial charge on any atom is 0.0171 e. The van der Waals surface area contributed by atoms with Gasteiger partial charge < -0.3 is 0 Å². The van der Waals surface area contributed by atoms with Crippen molar-refractivity contribution >= 4 is 28.2 Å². The van der Waals surface area contributed by atoms with Crippen LogP contribution in [0.15, 0.2) is 50.9 Å². The van der Waals surface area contributed by atoms with Crippen molar-refractivity contribution in [1.29, 1.82) is 0 Å². The third-order valence-corrected chi connectivity index (χ3v) is 6.79. The second-order valence-corrected chi connectivity index (χ2v) is 8.83. The smallest absolute Gasteiger partial charge is 0.0171 e. The van der Waals surface area contributed by atoms with E-state index in [1.54, 1.807) is 5.57 Å². The van der Waals surface area contributed by atoms with Crippen molar-refractivity contribution in [1.82, 2.24) is 4.90 Å². The fourth-order valence-electron chi connectivity index (χ4n) is 4.28. The average Bonchev–Trinajstić information content (AvgIpc) is 3.29. The van der Waals surface area contributed by atoms with Gasteiger partial charge >= 0.3 is 0 Å². The lowest BCUT2D eigenvalue weighted by Crippen LogP contribution is -2.40. The fourth-order valence-corrected chi connectivity index (χ4v) is 5.58. The van der Waals surface area contributed by atoms with Gasteiger partial charge in [0.25, 0.3) is 0 Å². The van der Waals surface area contributed by atoms with Gasteiger partial charge in [0.1, 0.15) is 0 Å². The van der Waals surface area contributed by atoms with Gasteiger partial charge in [0.15, 0.2) is 0 Å². The van der Waals surface area contributed by atoms with Gasteiger partial charge in [-0.3, -0.25) is 4.90 Å². The van der Waals surface area contributed by atoms with E-state index in [2.05, 4.69) is 58.5 Å². The first-order valence-corrected chi connectivity index (χ1v) is 10.8. The van der Waals surface area contributed by atoms with E-state index in [0.717, 1.165) is 18.6 Å². The van der Waals surface area contributed by atoms with Crippen LogP contribution in [0.25, 0.3) is 5.57 Å². The van der Waals surface area contributed by atoms with E-state index in [4.69, 9.17) is 0 Å². The summed E-state index contributed by atoms with van der Waals surface area (Å²) in [6, 6.07) is 6.06. The minimum atomic E-state index is 0.738. The zero-order valence-corrected chi connectivity index (χ0v) is 16.1. The summed E-state index contributed by atoms with van der Waals surface area (Å²) in [5.74, 6) is 0. The molecule has 0 aliphatic carbocycles. The van der Waals surface area contributed by atoms with Gasteiger partial charge in [-0.2, -0.15) is 22.7 Å². The van der Waals surface area contributed by atoms with Crippen molar-refractivity contribution in [3.05, 3.63) is 62.0 Å². The number of hydrogen-bond acceptors (Lipinski definition) is 3. The molecule has 0 N–H and O–H groups in total. The molecule has 2 fully saturated rings. The molecule has 0 radical (unpaired) electrons. The zero-order valence-electron chi connectivity index (χ0n) is 14.5. The predicted octanol–water partition coefficient (Wildman–Crippen LogP) is 6.20. The molecule has 1 nitrogen and oxygen atoms in total. The van der Waals surface area contributed by atoms with Gasteiger partial charge in [-0.15, -0.1) is 0 Å². The molecule has 2 aliphatic heterocycles. The number of thiophene rings is 2. The second-order valence-electron chi connectivity index (χ2n) is 7.27. The largest absolute Gasteiger partial charge is 0.293 e. The monoisotopic (exact) mass is 355 g/mol. The van der Waals surface area contributed by atoms with E-state index < -0.39 is 0 Å². The molecule has 0 aromatic carbocycles. The van der Waals surface area contributed by atoms with Crippen LogP contribution in [0.5, 0.6) is 0 Å². The zero-order chi connectivity index (χ0) is 16.5. The highest BCUT2D eigenvalue weighted by Crippen LogP contribution is 2.43. The molecular formula is C21H25NS2. The molecule has 2 bridgehead atoms. The van der Waals surface area contributed by atoms with Crippen LogP contribution in [0.2, 0.25) is 0 Å².